The van der Waals surface area contributed by atoms with E-state index in [0.717, 1.165) is 6.42 Å². The van der Waals surface area contributed by atoms with E-state index in [2.05, 4.69) is 5.32 Å². The number of nitrogens with zero attached hydrogens (tertiary/aromatic N) is 1. The van der Waals surface area contributed by atoms with Crippen LogP contribution in [0.4, 0.5) is 5.69 Å². The van der Waals surface area contributed by atoms with Crippen LogP contribution >= 0.6 is 0 Å². The van der Waals surface area contributed by atoms with Gasteiger partial charge in [0.2, 0.25) is 11.8 Å². The van der Waals surface area contributed by atoms with Crippen molar-refractivity contribution in [3.05, 3.63) is 29.8 Å². The van der Waals surface area contributed by atoms with Gasteiger partial charge in [0.25, 0.3) is 0 Å². The third kappa shape index (κ3) is 4.81. The van der Waals surface area contributed by atoms with E-state index in [1.165, 1.54) is 0 Å². The number of rotatable bonds is 5. The lowest BCUT2D eigenvalue weighted by molar-refractivity contribution is -0.132. The van der Waals surface area contributed by atoms with E-state index in [1.54, 1.807) is 36.1 Å². The van der Waals surface area contributed by atoms with Gasteiger partial charge in [-0.3, -0.25) is 9.59 Å². The lowest BCUT2D eigenvalue weighted by atomic mass is 9.96. The third-order valence-electron chi connectivity index (χ3n) is 4.14. The Kier molecular flexibility index (Phi) is 6.35. The number of amides is 2. The molecule has 2 amide bonds. The predicted octanol–water partition coefficient (Wildman–Crippen LogP) is 2.45. The Labute approximate surface area is 142 Å². The van der Waals surface area contributed by atoms with Gasteiger partial charge in [-0.25, -0.2) is 4.79 Å². The molecule has 2 rings (SSSR count). The Balaban J connectivity index is 1.86. The fourth-order valence-electron chi connectivity index (χ4n) is 2.67. The van der Waals surface area contributed by atoms with Gasteiger partial charge in [-0.15, -0.1) is 0 Å². The van der Waals surface area contributed by atoms with Gasteiger partial charge in [0.1, 0.15) is 0 Å². The van der Waals surface area contributed by atoms with Crippen molar-refractivity contribution in [1.29, 1.82) is 0 Å². The standard InChI is InChI=1S/C18H24N2O4/c1-3-12-24-18(23)15-4-6-16(7-5-15)19-17(22)14-8-10-20(11-9-14)13(2)21/h4-7,14H,3,8-12H2,1-2H3,(H,19,22). The smallest absolute Gasteiger partial charge is 0.338 e. The summed E-state index contributed by atoms with van der Waals surface area (Å²) in [6.45, 7) is 5.13. The van der Waals surface area contributed by atoms with Crippen LogP contribution in [-0.2, 0) is 14.3 Å². The number of likely N-dealkylation sites (tertiary alicyclic amines) is 1. The van der Waals surface area contributed by atoms with Crippen LogP contribution in [0.2, 0.25) is 0 Å². The number of carbonyl (C=O) groups is 3. The maximum atomic E-state index is 12.3. The van der Waals surface area contributed by atoms with Crippen molar-refractivity contribution >= 4 is 23.5 Å². The molecule has 0 spiro atoms. The molecular formula is C18H24N2O4. The van der Waals surface area contributed by atoms with Crippen molar-refractivity contribution < 1.29 is 19.1 Å². The first-order valence-corrected chi connectivity index (χ1v) is 8.34. The van der Waals surface area contributed by atoms with Crippen molar-refractivity contribution in [1.82, 2.24) is 4.90 Å². The molecule has 1 aromatic rings. The van der Waals surface area contributed by atoms with Gasteiger partial charge in [0.15, 0.2) is 0 Å². The van der Waals surface area contributed by atoms with Crippen molar-refractivity contribution in [2.75, 3.05) is 25.0 Å². The second-order valence-corrected chi connectivity index (χ2v) is 5.98. The van der Waals surface area contributed by atoms with Crippen LogP contribution in [0.5, 0.6) is 0 Å². The SMILES string of the molecule is CCCOC(=O)c1ccc(NC(=O)C2CCN(C(C)=O)CC2)cc1. The van der Waals surface area contributed by atoms with Crippen molar-refractivity contribution in [3.63, 3.8) is 0 Å². The molecule has 1 heterocycles. The molecular weight excluding hydrogens is 308 g/mol. The van der Waals surface area contributed by atoms with Crippen LogP contribution < -0.4 is 5.32 Å². The second kappa shape index (κ2) is 8.47. The van der Waals surface area contributed by atoms with Gasteiger partial charge in [0.05, 0.1) is 12.2 Å². The fraction of sp³-hybridized carbons (Fsp3) is 0.500. The van der Waals surface area contributed by atoms with Gasteiger partial charge in [-0.1, -0.05) is 6.92 Å². The highest BCUT2D eigenvalue weighted by Crippen LogP contribution is 2.20. The first kappa shape index (κ1) is 18.0. The van der Waals surface area contributed by atoms with Crippen molar-refractivity contribution in [2.45, 2.75) is 33.1 Å². The molecule has 1 aromatic carbocycles. The minimum Gasteiger partial charge on any atom is -0.462 e. The molecule has 0 unspecified atom stereocenters. The first-order chi connectivity index (χ1) is 11.5. The number of carbonyl (C=O) groups excluding carboxylic acids is 3. The van der Waals surface area contributed by atoms with Crippen LogP contribution in [0.25, 0.3) is 0 Å². The Morgan fingerprint density at radius 2 is 1.79 bits per heavy atom. The predicted molar refractivity (Wildman–Crippen MR) is 90.6 cm³/mol. The zero-order valence-corrected chi connectivity index (χ0v) is 14.2. The summed E-state index contributed by atoms with van der Waals surface area (Å²) in [6, 6.07) is 6.69. The maximum absolute atomic E-state index is 12.3. The van der Waals surface area contributed by atoms with E-state index in [9.17, 15) is 14.4 Å². The van der Waals surface area contributed by atoms with Crippen molar-refractivity contribution in [2.24, 2.45) is 5.92 Å². The Hall–Kier alpha value is -2.37. The Bertz CT molecular complexity index is 590. The molecule has 1 aliphatic heterocycles. The van der Waals surface area contributed by atoms with E-state index in [1.807, 2.05) is 6.92 Å². The van der Waals surface area contributed by atoms with E-state index >= 15 is 0 Å². The molecule has 0 radical (unpaired) electrons. The summed E-state index contributed by atoms with van der Waals surface area (Å²) in [5, 5.41) is 2.87. The number of anilines is 1. The Morgan fingerprint density at radius 1 is 1.17 bits per heavy atom. The van der Waals surface area contributed by atoms with Gasteiger partial charge >= 0.3 is 5.97 Å². The number of esters is 1. The molecule has 0 bridgehead atoms. The van der Waals surface area contributed by atoms with Gasteiger partial charge in [-0.05, 0) is 43.5 Å². The summed E-state index contributed by atoms with van der Waals surface area (Å²) in [6.07, 6.45) is 2.13. The molecule has 1 fully saturated rings. The number of hydrogen-bond acceptors (Lipinski definition) is 4. The lowest BCUT2D eigenvalue weighted by Crippen LogP contribution is -2.40. The number of benzene rings is 1. The molecule has 0 atom stereocenters. The van der Waals surface area contributed by atoms with E-state index in [4.69, 9.17) is 4.74 Å². The molecule has 24 heavy (non-hydrogen) atoms. The minimum absolute atomic E-state index is 0.0421. The molecule has 6 nitrogen and oxygen atoms in total. The van der Waals surface area contributed by atoms with Crippen LogP contribution in [0.3, 0.4) is 0 Å². The number of hydrogen-bond donors (Lipinski definition) is 1. The van der Waals surface area contributed by atoms with Crippen LogP contribution in [0.1, 0.15) is 43.5 Å². The summed E-state index contributed by atoms with van der Waals surface area (Å²) in [5.74, 6) is -0.431. The van der Waals surface area contributed by atoms with E-state index < -0.39 is 0 Å². The molecule has 130 valence electrons. The van der Waals surface area contributed by atoms with Gasteiger partial charge < -0.3 is 15.0 Å². The van der Waals surface area contributed by atoms with Gasteiger partial charge in [0, 0.05) is 31.6 Å². The zero-order valence-electron chi connectivity index (χ0n) is 14.2. The summed E-state index contributed by atoms with van der Waals surface area (Å²) < 4.78 is 5.06. The minimum atomic E-state index is -0.355. The zero-order chi connectivity index (χ0) is 17.5. The average molecular weight is 332 g/mol. The lowest BCUT2D eigenvalue weighted by Gasteiger charge is -2.30. The van der Waals surface area contributed by atoms with E-state index in [0.29, 0.717) is 43.8 Å². The summed E-state index contributed by atoms with van der Waals surface area (Å²) in [4.78, 5) is 37.1. The fourth-order valence-corrected chi connectivity index (χ4v) is 2.67. The van der Waals surface area contributed by atoms with Crippen molar-refractivity contribution in [3.8, 4) is 0 Å². The van der Waals surface area contributed by atoms with Crippen LogP contribution in [-0.4, -0.2) is 42.4 Å². The summed E-state index contributed by atoms with van der Waals surface area (Å²) in [5.41, 5.74) is 1.12. The first-order valence-electron chi connectivity index (χ1n) is 8.34. The highest BCUT2D eigenvalue weighted by atomic mass is 16.5. The number of piperidine rings is 1. The average Bonchev–Trinajstić information content (AvgIpc) is 2.60. The molecule has 1 saturated heterocycles. The number of ether oxygens (including phenoxy) is 1. The molecule has 0 saturated carbocycles. The highest BCUT2D eigenvalue weighted by Gasteiger charge is 2.26. The van der Waals surface area contributed by atoms with Crippen LogP contribution in [0.15, 0.2) is 24.3 Å². The maximum Gasteiger partial charge on any atom is 0.338 e. The monoisotopic (exact) mass is 332 g/mol. The number of nitrogens with one attached hydrogen (secondary N) is 1. The normalized spacial score (nSPS) is 15.0. The highest BCUT2D eigenvalue weighted by molar-refractivity contribution is 5.94. The molecule has 1 aliphatic rings. The topological polar surface area (TPSA) is 75.7 Å². The molecule has 0 aliphatic carbocycles. The van der Waals surface area contributed by atoms with E-state index in [-0.39, 0.29) is 23.7 Å². The summed E-state index contributed by atoms with van der Waals surface area (Å²) >= 11 is 0. The quantitative estimate of drug-likeness (QED) is 0.840. The largest absolute Gasteiger partial charge is 0.462 e. The van der Waals surface area contributed by atoms with Crippen LogP contribution in [0, 0.1) is 5.92 Å². The molecule has 1 N–H and O–H groups in total. The second-order valence-electron chi connectivity index (χ2n) is 5.98. The Morgan fingerprint density at radius 3 is 2.33 bits per heavy atom. The molecule has 6 heteroatoms. The molecule has 0 aromatic heterocycles. The van der Waals surface area contributed by atoms with Gasteiger partial charge in [-0.2, -0.15) is 0 Å². The third-order valence-corrected chi connectivity index (χ3v) is 4.14. The summed E-state index contributed by atoms with van der Waals surface area (Å²) in [7, 11) is 0.